The summed E-state index contributed by atoms with van der Waals surface area (Å²) in [6, 6.07) is 7.33. The summed E-state index contributed by atoms with van der Waals surface area (Å²) in [4.78, 5) is 24.8. The van der Waals surface area contributed by atoms with Crippen molar-refractivity contribution in [3.05, 3.63) is 57.8 Å². The van der Waals surface area contributed by atoms with Gasteiger partial charge in [0.1, 0.15) is 11.5 Å². The van der Waals surface area contributed by atoms with Crippen LogP contribution >= 0.6 is 0 Å². The van der Waals surface area contributed by atoms with E-state index in [0.717, 1.165) is 19.3 Å². The van der Waals surface area contributed by atoms with Gasteiger partial charge in [0, 0.05) is 17.8 Å². The highest BCUT2D eigenvalue weighted by atomic mass is 19.1. The summed E-state index contributed by atoms with van der Waals surface area (Å²) in [5.74, 6) is -0.810. The number of nitrogens with zero attached hydrogens (tertiary/aromatic N) is 2. The lowest BCUT2D eigenvalue weighted by molar-refractivity contribution is 0.0920. The second-order valence-corrected chi connectivity index (χ2v) is 6.37. The van der Waals surface area contributed by atoms with Gasteiger partial charge in [-0.15, -0.1) is 0 Å². The largest absolute Gasteiger partial charge is 0.347 e. The van der Waals surface area contributed by atoms with Crippen molar-refractivity contribution >= 4 is 5.91 Å². The number of aryl methyl sites for hydroxylation is 1. The maximum Gasteiger partial charge on any atom is 0.276 e. The van der Waals surface area contributed by atoms with Crippen molar-refractivity contribution in [2.45, 2.75) is 32.2 Å². The van der Waals surface area contributed by atoms with E-state index in [9.17, 15) is 14.0 Å². The average Bonchev–Trinajstić information content (AvgIpc) is 3.03. The highest BCUT2D eigenvalue weighted by Gasteiger charge is 2.29. The Kier molecular flexibility index (Phi) is 4.94. The third-order valence-corrected chi connectivity index (χ3v) is 4.68. The number of carbonyl (C=O) groups is 1. The monoisotopic (exact) mass is 344 g/mol. The highest BCUT2D eigenvalue weighted by molar-refractivity contribution is 5.92. The molecule has 0 bridgehead atoms. The molecule has 3 rings (SSSR count). The summed E-state index contributed by atoms with van der Waals surface area (Å²) in [5.41, 5.74) is 5.65. The van der Waals surface area contributed by atoms with Gasteiger partial charge < -0.3 is 11.1 Å². The number of rotatable bonds is 4. The van der Waals surface area contributed by atoms with E-state index >= 15 is 0 Å². The molecule has 1 amide bonds. The minimum atomic E-state index is -0.541. The molecule has 0 saturated heterocycles. The molecular formula is C18H21FN4O2. The first-order valence-electron chi connectivity index (χ1n) is 8.38. The average molecular weight is 344 g/mol. The van der Waals surface area contributed by atoms with Gasteiger partial charge in [-0.25, -0.2) is 9.07 Å². The first-order valence-corrected chi connectivity index (χ1v) is 8.38. The van der Waals surface area contributed by atoms with Crippen LogP contribution < -0.4 is 16.5 Å². The molecule has 2 aromatic rings. The van der Waals surface area contributed by atoms with Crippen molar-refractivity contribution in [3.8, 4) is 5.69 Å². The number of para-hydroxylation sites is 1. The van der Waals surface area contributed by atoms with Crippen LogP contribution in [0.4, 0.5) is 4.39 Å². The summed E-state index contributed by atoms with van der Waals surface area (Å²) >= 11 is 0. The predicted octanol–water partition coefficient (Wildman–Crippen LogP) is 1.54. The van der Waals surface area contributed by atoms with Crippen molar-refractivity contribution < 1.29 is 9.18 Å². The van der Waals surface area contributed by atoms with Crippen molar-refractivity contribution in [1.82, 2.24) is 15.1 Å². The van der Waals surface area contributed by atoms with Gasteiger partial charge in [0.2, 0.25) is 5.43 Å². The van der Waals surface area contributed by atoms with Gasteiger partial charge >= 0.3 is 0 Å². The Morgan fingerprint density at radius 2 is 2.16 bits per heavy atom. The zero-order chi connectivity index (χ0) is 18.0. The topological polar surface area (TPSA) is 90.0 Å². The van der Waals surface area contributed by atoms with E-state index in [4.69, 9.17) is 5.73 Å². The lowest BCUT2D eigenvalue weighted by atomic mass is 10.0. The molecule has 2 unspecified atom stereocenters. The molecule has 0 spiro atoms. The molecule has 3 N–H and O–H groups in total. The normalized spacial score (nSPS) is 19.8. The van der Waals surface area contributed by atoms with E-state index in [-0.39, 0.29) is 23.3 Å². The van der Waals surface area contributed by atoms with Gasteiger partial charge in [-0.1, -0.05) is 18.6 Å². The summed E-state index contributed by atoms with van der Waals surface area (Å²) < 4.78 is 15.3. The molecule has 25 heavy (non-hydrogen) atoms. The Labute approximate surface area is 144 Å². The number of hydrogen-bond acceptors (Lipinski definition) is 4. The molecule has 1 aliphatic carbocycles. The number of nitrogens with two attached hydrogens (primary N) is 1. The third kappa shape index (κ3) is 3.46. The minimum Gasteiger partial charge on any atom is -0.347 e. The zero-order valence-electron chi connectivity index (χ0n) is 14.0. The number of amides is 1. The van der Waals surface area contributed by atoms with Crippen LogP contribution in [0.3, 0.4) is 0 Å². The summed E-state index contributed by atoms with van der Waals surface area (Å²) in [6.45, 7) is 2.13. The van der Waals surface area contributed by atoms with Gasteiger partial charge in [-0.05, 0) is 44.4 Å². The molecule has 0 radical (unpaired) electrons. The molecule has 7 heteroatoms. The molecule has 1 heterocycles. The lowest BCUT2D eigenvalue weighted by Crippen LogP contribution is -2.42. The predicted molar refractivity (Wildman–Crippen MR) is 92.2 cm³/mol. The Balaban J connectivity index is 1.94. The molecule has 6 nitrogen and oxygen atoms in total. The zero-order valence-corrected chi connectivity index (χ0v) is 14.0. The molecule has 1 aliphatic rings. The molecule has 1 saturated carbocycles. The second-order valence-electron chi connectivity index (χ2n) is 6.37. The maximum atomic E-state index is 14.1. The van der Waals surface area contributed by atoms with Gasteiger partial charge in [-0.2, -0.15) is 5.10 Å². The molecule has 2 atom stereocenters. The van der Waals surface area contributed by atoms with E-state index < -0.39 is 17.2 Å². The van der Waals surface area contributed by atoms with Gasteiger partial charge in [0.25, 0.3) is 5.91 Å². The standard InChI is InChI=1S/C18H21FN4O2/c1-11-9-16(24)17(18(25)21-14-7-4-5-12(14)10-20)22-23(11)15-8-3-2-6-13(15)19/h2-3,6,8-9,12,14H,4-5,7,10,20H2,1H3,(H,21,25). The fourth-order valence-electron chi connectivity index (χ4n) is 3.32. The summed E-state index contributed by atoms with van der Waals surface area (Å²) in [6.07, 6.45) is 2.79. The van der Waals surface area contributed by atoms with Crippen LogP contribution in [0.5, 0.6) is 0 Å². The van der Waals surface area contributed by atoms with Crippen LogP contribution in [-0.2, 0) is 0 Å². The number of nitrogens with one attached hydrogen (secondary N) is 1. The van der Waals surface area contributed by atoms with Crippen molar-refractivity contribution in [2.24, 2.45) is 11.7 Å². The van der Waals surface area contributed by atoms with E-state index in [1.807, 2.05) is 0 Å². The van der Waals surface area contributed by atoms with Gasteiger partial charge in [0.05, 0.1) is 0 Å². The first-order chi connectivity index (χ1) is 12.0. The van der Waals surface area contributed by atoms with Crippen LogP contribution in [-0.4, -0.2) is 28.3 Å². The van der Waals surface area contributed by atoms with E-state index in [0.29, 0.717) is 12.2 Å². The van der Waals surface area contributed by atoms with Crippen LogP contribution in [0, 0.1) is 18.7 Å². The van der Waals surface area contributed by atoms with Crippen LogP contribution in [0.15, 0.2) is 35.1 Å². The number of benzene rings is 1. The number of aromatic nitrogens is 2. The maximum absolute atomic E-state index is 14.1. The molecular weight excluding hydrogens is 323 g/mol. The van der Waals surface area contributed by atoms with Crippen molar-refractivity contribution in [2.75, 3.05) is 6.54 Å². The Hall–Kier alpha value is -2.54. The van der Waals surface area contributed by atoms with E-state index in [1.165, 1.54) is 16.8 Å². The smallest absolute Gasteiger partial charge is 0.276 e. The first kappa shape index (κ1) is 17.3. The SMILES string of the molecule is Cc1cc(=O)c(C(=O)NC2CCCC2CN)nn1-c1ccccc1F. The second kappa shape index (κ2) is 7.14. The van der Waals surface area contributed by atoms with Crippen LogP contribution in [0.2, 0.25) is 0 Å². The van der Waals surface area contributed by atoms with E-state index in [2.05, 4.69) is 10.4 Å². The molecule has 1 fully saturated rings. The number of hydrogen-bond donors (Lipinski definition) is 2. The van der Waals surface area contributed by atoms with Gasteiger partial charge in [-0.3, -0.25) is 9.59 Å². The number of carbonyl (C=O) groups excluding carboxylic acids is 1. The van der Waals surface area contributed by atoms with E-state index in [1.54, 1.807) is 25.1 Å². The fraction of sp³-hybridized carbons (Fsp3) is 0.389. The summed E-state index contributed by atoms with van der Waals surface area (Å²) in [7, 11) is 0. The van der Waals surface area contributed by atoms with Gasteiger partial charge in [0.15, 0.2) is 5.69 Å². The Morgan fingerprint density at radius 3 is 2.88 bits per heavy atom. The molecule has 132 valence electrons. The molecule has 1 aromatic heterocycles. The third-order valence-electron chi connectivity index (χ3n) is 4.68. The van der Waals surface area contributed by atoms with Crippen LogP contribution in [0.25, 0.3) is 5.69 Å². The summed E-state index contributed by atoms with van der Waals surface area (Å²) in [5, 5.41) is 6.98. The molecule has 1 aromatic carbocycles. The van der Waals surface area contributed by atoms with Crippen molar-refractivity contribution in [1.29, 1.82) is 0 Å². The highest BCUT2D eigenvalue weighted by Crippen LogP contribution is 2.24. The molecule has 0 aliphatic heterocycles. The fourth-order valence-corrected chi connectivity index (χ4v) is 3.32. The number of halogens is 1. The lowest BCUT2D eigenvalue weighted by Gasteiger charge is -2.19. The van der Waals surface area contributed by atoms with Crippen LogP contribution in [0.1, 0.15) is 35.4 Å². The Morgan fingerprint density at radius 1 is 1.40 bits per heavy atom. The Bertz CT molecular complexity index is 849. The quantitative estimate of drug-likeness (QED) is 0.880. The van der Waals surface area contributed by atoms with Crippen molar-refractivity contribution in [3.63, 3.8) is 0 Å². The minimum absolute atomic E-state index is 0.0538.